The molecule has 4 rings (SSSR count). The van der Waals surface area contributed by atoms with Crippen molar-refractivity contribution >= 4 is 23.8 Å². The molecule has 5 amide bonds. The minimum absolute atomic E-state index is 0.0116. The standard InChI is InChI=1S/C32H36N6O5/c1-2-15-34-19-29(40)38-27(17-22-11-13-26(39)14-12-22)31(42)37(20-24-9-6-10-25(16-24)30(33)41)21-28(38)36-32(43)35-18-23-7-4-3-5-8-23/h2-14,16,27-28,34,39H,1,15,17-21H2,(H2,33,41)(H2,35,36,43)/t27-,28+/m0/s1. The number of benzene rings is 3. The summed E-state index contributed by atoms with van der Waals surface area (Å²) in [6.45, 7) is 4.39. The third-order valence-electron chi connectivity index (χ3n) is 7.06. The van der Waals surface area contributed by atoms with Crippen molar-refractivity contribution in [3.63, 3.8) is 0 Å². The Balaban J connectivity index is 1.64. The van der Waals surface area contributed by atoms with Crippen LogP contribution in [0.2, 0.25) is 0 Å². The summed E-state index contributed by atoms with van der Waals surface area (Å²) >= 11 is 0. The lowest BCUT2D eigenvalue weighted by Gasteiger charge is -2.46. The molecule has 0 bridgehead atoms. The minimum Gasteiger partial charge on any atom is -0.508 e. The lowest BCUT2D eigenvalue weighted by molar-refractivity contribution is -0.157. The van der Waals surface area contributed by atoms with E-state index in [2.05, 4.69) is 22.5 Å². The molecule has 3 aromatic carbocycles. The molecule has 0 unspecified atom stereocenters. The highest BCUT2D eigenvalue weighted by atomic mass is 16.3. The Hall–Kier alpha value is -5.16. The second-order valence-electron chi connectivity index (χ2n) is 10.2. The first-order valence-corrected chi connectivity index (χ1v) is 13.9. The Morgan fingerprint density at radius 3 is 2.40 bits per heavy atom. The zero-order valence-corrected chi connectivity index (χ0v) is 23.7. The van der Waals surface area contributed by atoms with E-state index < -0.39 is 24.1 Å². The third-order valence-corrected chi connectivity index (χ3v) is 7.06. The van der Waals surface area contributed by atoms with Crippen molar-refractivity contribution in [1.82, 2.24) is 25.8 Å². The van der Waals surface area contributed by atoms with E-state index >= 15 is 0 Å². The second-order valence-corrected chi connectivity index (χ2v) is 10.2. The molecule has 0 radical (unpaired) electrons. The van der Waals surface area contributed by atoms with Crippen LogP contribution in [-0.2, 0) is 29.1 Å². The van der Waals surface area contributed by atoms with E-state index in [1.807, 2.05) is 30.3 Å². The van der Waals surface area contributed by atoms with E-state index in [0.29, 0.717) is 17.7 Å². The molecule has 1 aliphatic rings. The second kappa shape index (κ2) is 14.6. The van der Waals surface area contributed by atoms with Crippen molar-refractivity contribution in [3.8, 4) is 5.75 Å². The van der Waals surface area contributed by atoms with Gasteiger partial charge in [0.25, 0.3) is 0 Å². The fourth-order valence-electron chi connectivity index (χ4n) is 4.98. The van der Waals surface area contributed by atoms with E-state index in [1.54, 1.807) is 47.4 Å². The Labute approximate surface area is 250 Å². The molecule has 11 heteroatoms. The molecule has 0 aliphatic carbocycles. The van der Waals surface area contributed by atoms with Gasteiger partial charge in [0.2, 0.25) is 17.7 Å². The van der Waals surface area contributed by atoms with E-state index in [-0.39, 0.29) is 50.2 Å². The van der Waals surface area contributed by atoms with Gasteiger partial charge in [0.05, 0.1) is 13.1 Å². The summed E-state index contributed by atoms with van der Waals surface area (Å²) in [6.07, 6.45) is 0.901. The smallest absolute Gasteiger partial charge is 0.316 e. The zero-order valence-electron chi connectivity index (χ0n) is 23.7. The van der Waals surface area contributed by atoms with Crippen LogP contribution in [0.15, 0.2) is 91.5 Å². The Morgan fingerprint density at radius 2 is 1.70 bits per heavy atom. The van der Waals surface area contributed by atoms with Crippen LogP contribution in [0.5, 0.6) is 5.75 Å². The van der Waals surface area contributed by atoms with Gasteiger partial charge >= 0.3 is 6.03 Å². The average Bonchev–Trinajstić information content (AvgIpc) is 3.00. The number of nitrogens with one attached hydrogen (secondary N) is 3. The number of phenols is 1. The van der Waals surface area contributed by atoms with E-state index in [1.165, 1.54) is 17.0 Å². The summed E-state index contributed by atoms with van der Waals surface area (Å²) in [5.74, 6) is -1.21. The number of carbonyl (C=O) groups is 4. The molecule has 224 valence electrons. The Morgan fingerprint density at radius 1 is 0.977 bits per heavy atom. The monoisotopic (exact) mass is 584 g/mol. The fourth-order valence-corrected chi connectivity index (χ4v) is 4.98. The maximum absolute atomic E-state index is 14.0. The summed E-state index contributed by atoms with van der Waals surface area (Å²) in [4.78, 5) is 55.5. The summed E-state index contributed by atoms with van der Waals surface area (Å²) in [6, 6.07) is 21.0. The van der Waals surface area contributed by atoms with Crippen LogP contribution in [-0.4, -0.2) is 70.5 Å². The first-order chi connectivity index (χ1) is 20.7. The number of urea groups is 1. The van der Waals surface area contributed by atoms with Crippen molar-refractivity contribution < 1.29 is 24.3 Å². The predicted molar refractivity (Wildman–Crippen MR) is 161 cm³/mol. The molecule has 11 nitrogen and oxygen atoms in total. The molecule has 3 aromatic rings. The highest BCUT2D eigenvalue weighted by Gasteiger charge is 2.43. The van der Waals surface area contributed by atoms with Crippen LogP contribution in [0, 0.1) is 0 Å². The summed E-state index contributed by atoms with van der Waals surface area (Å²) in [5, 5.41) is 18.5. The number of carbonyl (C=O) groups excluding carboxylic acids is 4. The number of nitrogens with zero attached hydrogens (tertiary/aromatic N) is 2. The summed E-state index contributed by atoms with van der Waals surface area (Å²) in [5.41, 5.74) is 8.07. The van der Waals surface area contributed by atoms with Gasteiger partial charge in [0.15, 0.2) is 0 Å². The molecular formula is C32H36N6O5. The molecule has 0 spiro atoms. The maximum atomic E-state index is 14.0. The highest BCUT2D eigenvalue weighted by molar-refractivity contribution is 5.93. The van der Waals surface area contributed by atoms with Crippen LogP contribution < -0.4 is 21.7 Å². The zero-order chi connectivity index (χ0) is 30.8. The van der Waals surface area contributed by atoms with Crippen LogP contribution in [0.25, 0.3) is 0 Å². The van der Waals surface area contributed by atoms with Crippen molar-refractivity contribution in [1.29, 1.82) is 0 Å². The van der Waals surface area contributed by atoms with Gasteiger partial charge < -0.3 is 36.6 Å². The van der Waals surface area contributed by atoms with Crippen LogP contribution in [0.4, 0.5) is 4.79 Å². The first-order valence-electron chi connectivity index (χ1n) is 13.9. The molecule has 1 fully saturated rings. The molecular weight excluding hydrogens is 548 g/mol. The molecule has 1 heterocycles. The van der Waals surface area contributed by atoms with E-state index in [9.17, 15) is 24.3 Å². The number of phenolic OH excluding ortho intramolecular Hbond substituents is 1. The molecule has 0 saturated carbocycles. The Bertz CT molecular complexity index is 1450. The van der Waals surface area contributed by atoms with Gasteiger partial charge in [-0.25, -0.2) is 4.79 Å². The predicted octanol–water partition coefficient (Wildman–Crippen LogP) is 1.87. The van der Waals surface area contributed by atoms with E-state index in [4.69, 9.17) is 5.73 Å². The molecule has 0 aromatic heterocycles. The van der Waals surface area contributed by atoms with Crippen molar-refractivity contribution in [2.45, 2.75) is 31.7 Å². The Kier molecular flexibility index (Phi) is 10.5. The quantitative estimate of drug-likeness (QED) is 0.162. The van der Waals surface area contributed by atoms with Crippen LogP contribution in [0.1, 0.15) is 27.0 Å². The first kappa shape index (κ1) is 30.8. The van der Waals surface area contributed by atoms with Crippen molar-refractivity contribution in [2.75, 3.05) is 19.6 Å². The number of hydrogen-bond donors (Lipinski definition) is 5. The summed E-state index contributed by atoms with van der Waals surface area (Å²) in [7, 11) is 0. The number of piperazine rings is 1. The SMILES string of the molecule is C=CCNCC(=O)N1[C@@H](NC(=O)NCc2ccccc2)CN(Cc2cccc(C(N)=O)c2)C(=O)[C@@H]1Cc1ccc(O)cc1. The van der Waals surface area contributed by atoms with Crippen LogP contribution in [0.3, 0.4) is 0 Å². The number of aromatic hydroxyl groups is 1. The molecule has 1 aliphatic heterocycles. The number of nitrogens with two attached hydrogens (primary N) is 1. The normalized spacial score (nSPS) is 16.4. The van der Waals surface area contributed by atoms with E-state index in [0.717, 1.165) is 11.1 Å². The topological polar surface area (TPSA) is 157 Å². The van der Waals surface area contributed by atoms with Gasteiger partial charge in [-0.05, 0) is 41.0 Å². The van der Waals surface area contributed by atoms with Gasteiger partial charge in [0, 0.05) is 31.6 Å². The van der Waals surface area contributed by atoms with Gasteiger partial charge in [-0.15, -0.1) is 6.58 Å². The maximum Gasteiger partial charge on any atom is 0.316 e. The molecule has 1 saturated heterocycles. The van der Waals surface area contributed by atoms with Crippen LogP contribution >= 0.6 is 0 Å². The largest absolute Gasteiger partial charge is 0.508 e. The summed E-state index contributed by atoms with van der Waals surface area (Å²) < 4.78 is 0. The lowest BCUT2D eigenvalue weighted by Crippen LogP contribution is -2.69. The molecule has 2 atom stereocenters. The van der Waals surface area contributed by atoms with Gasteiger partial charge in [-0.3, -0.25) is 14.4 Å². The van der Waals surface area contributed by atoms with Crippen molar-refractivity contribution in [2.24, 2.45) is 5.73 Å². The molecule has 6 N–H and O–H groups in total. The minimum atomic E-state index is -0.963. The number of hydrogen-bond acceptors (Lipinski definition) is 6. The van der Waals surface area contributed by atoms with Crippen molar-refractivity contribution in [3.05, 3.63) is 114 Å². The lowest BCUT2D eigenvalue weighted by atomic mass is 9.98. The molecule has 43 heavy (non-hydrogen) atoms. The number of amides is 5. The third kappa shape index (κ3) is 8.43. The fraction of sp³-hybridized carbons (Fsp3) is 0.250. The average molecular weight is 585 g/mol. The number of rotatable bonds is 12. The van der Waals surface area contributed by atoms with Gasteiger partial charge in [-0.1, -0.05) is 60.7 Å². The highest BCUT2D eigenvalue weighted by Crippen LogP contribution is 2.23. The van der Waals surface area contributed by atoms with Gasteiger partial charge in [0.1, 0.15) is 18.0 Å². The van der Waals surface area contributed by atoms with Gasteiger partial charge in [-0.2, -0.15) is 0 Å². The number of primary amides is 1.